The summed E-state index contributed by atoms with van der Waals surface area (Å²) in [6.45, 7) is 6.57. The summed E-state index contributed by atoms with van der Waals surface area (Å²) in [6, 6.07) is 15.4. The molecule has 1 heterocycles. The Morgan fingerprint density at radius 3 is 2.66 bits per heavy atom. The van der Waals surface area contributed by atoms with Gasteiger partial charge in [0.1, 0.15) is 12.4 Å². The van der Waals surface area contributed by atoms with Crippen molar-refractivity contribution < 1.29 is 9.59 Å². The van der Waals surface area contributed by atoms with Crippen LogP contribution in [0.25, 0.3) is 11.0 Å². The van der Waals surface area contributed by atoms with Crippen LogP contribution in [0.5, 0.6) is 0 Å². The number of carbonyl (C=O) groups excluding carboxylic acids is 2. The molecule has 6 nitrogen and oxygen atoms in total. The molecule has 0 aliphatic carbocycles. The minimum Gasteiger partial charge on any atom is -0.350 e. The average molecular weight is 393 g/mol. The lowest BCUT2D eigenvalue weighted by atomic mass is 10.1. The van der Waals surface area contributed by atoms with E-state index in [1.807, 2.05) is 73.9 Å². The molecular weight excluding hydrogens is 364 g/mol. The van der Waals surface area contributed by atoms with Gasteiger partial charge in [0.2, 0.25) is 11.8 Å². The third kappa shape index (κ3) is 5.02. The van der Waals surface area contributed by atoms with Gasteiger partial charge in [-0.1, -0.05) is 45.0 Å². The monoisotopic (exact) mass is 392 g/mol. The first-order valence-electron chi connectivity index (χ1n) is 10.1. The van der Waals surface area contributed by atoms with Gasteiger partial charge in [0.25, 0.3) is 0 Å². The Morgan fingerprint density at radius 1 is 1.10 bits per heavy atom. The number of carbonyl (C=O) groups is 2. The van der Waals surface area contributed by atoms with Crippen molar-refractivity contribution in [3.05, 3.63) is 59.9 Å². The van der Waals surface area contributed by atoms with E-state index in [0.717, 1.165) is 41.0 Å². The highest BCUT2D eigenvalue weighted by molar-refractivity contribution is 5.92. The highest BCUT2D eigenvalue weighted by Gasteiger charge is 2.13. The van der Waals surface area contributed by atoms with Gasteiger partial charge in [0.05, 0.1) is 11.0 Å². The maximum absolute atomic E-state index is 12.6. The number of amides is 2. The Hall–Kier alpha value is -3.15. The van der Waals surface area contributed by atoms with Crippen molar-refractivity contribution in [2.24, 2.45) is 5.92 Å². The number of aromatic nitrogens is 2. The van der Waals surface area contributed by atoms with E-state index in [0.29, 0.717) is 6.54 Å². The van der Waals surface area contributed by atoms with E-state index >= 15 is 0 Å². The van der Waals surface area contributed by atoms with Crippen LogP contribution in [0.3, 0.4) is 0 Å². The molecular formula is C23H28N4O2. The fourth-order valence-electron chi connectivity index (χ4n) is 3.18. The average Bonchev–Trinajstić information content (AvgIpc) is 3.09. The molecule has 152 valence electrons. The van der Waals surface area contributed by atoms with E-state index in [4.69, 9.17) is 0 Å². The third-order valence-corrected chi connectivity index (χ3v) is 5.10. The van der Waals surface area contributed by atoms with Crippen molar-refractivity contribution in [3.8, 4) is 0 Å². The van der Waals surface area contributed by atoms with Crippen molar-refractivity contribution in [3.63, 3.8) is 0 Å². The lowest BCUT2D eigenvalue weighted by Crippen LogP contribution is -2.27. The third-order valence-electron chi connectivity index (χ3n) is 5.10. The van der Waals surface area contributed by atoms with Crippen molar-refractivity contribution in [1.82, 2.24) is 14.9 Å². The number of benzene rings is 2. The van der Waals surface area contributed by atoms with Crippen LogP contribution >= 0.6 is 0 Å². The molecule has 2 aromatic carbocycles. The van der Waals surface area contributed by atoms with Gasteiger partial charge in [0, 0.05) is 24.6 Å². The van der Waals surface area contributed by atoms with Gasteiger partial charge in [-0.3, -0.25) is 9.59 Å². The van der Waals surface area contributed by atoms with E-state index in [-0.39, 0.29) is 24.3 Å². The molecule has 2 amide bonds. The lowest BCUT2D eigenvalue weighted by Gasteiger charge is -2.12. The summed E-state index contributed by atoms with van der Waals surface area (Å²) < 4.78 is 1.97. The van der Waals surface area contributed by atoms with Crippen LogP contribution < -0.4 is 10.6 Å². The number of fused-ring (bicyclic) bond motifs is 1. The standard InChI is InChI=1S/C23H28N4O2/c1-4-16(3)23(29)25-18-10-8-9-17(13-18)14-24-22(28)15-27-20-12-7-6-11-19(20)26-21(27)5-2/h6-13,16H,4-5,14-15H2,1-3H3,(H,24,28)(H,25,29). The molecule has 0 saturated carbocycles. The molecule has 29 heavy (non-hydrogen) atoms. The van der Waals surface area contributed by atoms with Crippen molar-refractivity contribution in [1.29, 1.82) is 0 Å². The number of hydrogen-bond donors (Lipinski definition) is 2. The number of aryl methyl sites for hydroxylation is 1. The lowest BCUT2D eigenvalue weighted by molar-refractivity contribution is -0.122. The second-order valence-corrected chi connectivity index (χ2v) is 7.23. The largest absolute Gasteiger partial charge is 0.350 e. The van der Waals surface area contributed by atoms with Gasteiger partial charge >= 0.3 is 0 Å². The number of rotatable bonds is 8. The first kappa shape index (κ1) is 20.6. The second kappa shape index (κ2) is 9.37. The minimum absolute atomic E-state index is 0.00719. The molecule has 0 aliphatic rings. The maximum Gasteiger partial charge on any atom is 0.240 e. The Bertz CT molecular complexity index is 1010. The van der Waals surface area contributed by atoms with Crippen LogP contribution in [0, 0.1) is 5.92 Å². The van der Waals surface area contributed by atoms with E-state index in [2.05, 4.69) is 15.6 Å². The summed E-state index contributed by atoms with van der Waals surface area (Å²) in [5, 5.41) is 5.90. The van der Waals surface area contributed by atoms with Gasteiger partial charge in [0.15, 0.2) is 0 Å². The molecule has 1 unspecified atom stereocenters. The highest BCUT2D eigenvalue weighted by atomic mass is 16.2. The molecule has 2 N–H and O–H groups in total. The molecule has 0 radical (unpaired) electrons. The summed E-state index contributed by atoms with van der Waals surface area (Å²) in [6.07, 6.45) is 1.56. The first-order chi connectivity index (χ1) is 14.0. The van der Waals surface area contributed by atoms with Crippen LogP contribution in [0.1, 0.15) is 38.6 Å². The number of nitrogens with one attached hydrogen (secondary N) is 2. The topological polar surface area (TPSA) is 76.0 Å². The molecule has 1 aromatic heterocycles. The fraction of sp³-hybridized carbons (Fsp3) is 0.348. The number of para-hydroxylation sites is 2. The van der Waals surface area contributed by atoms with Crippen molar-refractivity contribution >= 4 is 28.5 Å². The van der Waals surface area contributed by atoms with Crippen LogP contribution in [0.4, 0.5) is 5.69 Å². The summed E-state index contributed by atoms with van der Waals surface area (Å²) >= 11 is 0. The number of imidazole rings is 1. The van der Waals surface area contributed by atoms with E-state index in [1.165, 1.54) is 0 Å². The zero-order valence-corrected chi connectivity index (χ0v) is 17.2. The molecule has 3 rings (SSSR count). The Balaban J connectivity index is 1.63. The normalized spacial score (nSPS) is 12.0. The van der Waals surface area contributed by atoms with Gasteiger partial charge in [-0.15, -0.1) is 0 Å². The molecule has 0 fully saturated rings. The van der Waals surface area contributed by atoms with Crippen molar-refractivity contribution in [2.75, 3.05) is 5.32 Å². The molecule has 0 aliphatic heterocycles. The molecule has 0 saturated heterocycles. The van der Waals surface area contributed by atoms with Crippen LogP contribution in [-0.4, -0.2) is 21.4 Å². The maximum atomic E-state index is 12.6. The summed E-state index contributed by atoms with van der Waals surface area (Å²) in [7, 11) is 0. The van der Waals surface area contributed by atoms with Gasteiger partial charge in [-0.2, -0.15) is 0 Å². The summed E-state index contributed by atoms with van der Waals surface area (Å²) in [5.74, 6) is 0.803. The quantitative estimate of drug-likeness (QED) is 0.610. The summed E-state index contributed by atoms with van der Waals surface area (Å²) in [4.78, 5) is 29.2. The molecule has 3 aromatic rings. The number of nitrogens with zero attached hydrogens (tertiary/aromatic N) is 2. The SMILES string of the molecule is CCc1nc2ccccc2n1CC(=O)NCc1cccc(NC(=O)C(C)CC)c1. The minimum atomic E-state index is -0.0723. The van der Waals surface area contributed by atoms with Gasteiger partial charge in [-0.05, 0) is 36.2 Å². The molecule has 6 heteroatoms. The van der Waals surface area contributed by atoms with E-state index in [1.54, 1.807) is 0 Å². The van der Waals surface area contributed by atoms with Crippen LogP contribution in [0.2, 0.25) is 0 Å². The van der Waals surface area contributed by atoms with E-state index < -0.39 is 0 Å². The van der Waals surface area contributed by atoms with E-state index in [9.17, 15) is 9.59 Å². The zero-order valence-electron chi connectivity index (χ0n) is 17.2. The molecule has 0 bridgehead atoms. The highest BCUT2D eigenvalue weighted by Crippen LogP contribution is 2.17. The predicted octanol–water partition coefficient (Wildman–Crippen LogP) is 3.90. The number of anilines is 1. The zero-order chi connectivity index (χ0) is 20.8. The van der Waals surface area contributed by atoms with Gasteiger partial charge < -0.3 is 15.2 Å². The fourth-order valence-corrected chi connectivity index (χ4v) is 3.18. The van der Waals surface area contributed by atoms with Gasteiger partial charge in [-0.25, -0.2) is 4.98 Å². The Morgan fingerprint density at radius 2 is 1.90 bits per heavy atom. The van der Waals surface area contributed by atoms with Crippen LogP contribution in [-0.2, 0) is 29.1 Å². The van der Waals surface area contributed by atoms with Crippen molar-refractivity contribution in [2.45, 2.75) is 46.7 Å². The second-order valence-electron chi connectivity index (χ2n) is 7.23. The summed E-state index contributed by atoms with van der Waals surface area (Å²) in [5.41, 5.74) is 3.55. The number of hydrogen-bond acceptors (Lipinski definition) is 3. The first-order valence-corrected chi connectivity index (χ1v) is 10.1. The predicted molar refractivity (Wildman–Crippen MR) is 115 cm³/mol. The Kier molecular flexibility index (Phi) is 6.65. The molecule has 1 atom stereocenters. The molecule has 0 spiro atoms. The van der Waals surface area contributed by atoms with Crippen LogP contribution in [0.15, 0.2) is 48.5 Å². The Labute approximate surface area is 171 Å². The smallest absolute Gasteiger partial charge is 0.240 e.